The number of nitrogens with zero attached hydrogens (tertiary/aromatic N) is 3. The summed E-state index contributed by atoms with van der Waals surface area (Å²) in [6, 6.07) is 14.8. The summed E-state index contributed by atoms with van der Waals surface area (Å²) in [4.78, 5) is 19.7. The number of hydrogen-bond acceptors (Lipinski definition) is 5. The average molecular weight is 518 g/mol. The lowest BCUT2D eigenvalue weighted by molar-refractivity contribution is 0.0747. The number of rotatable bonds is 7. The van der Waals surface area contributed by atoms with E-state index in [4.69, 9.17) is 11.6 Å². The molecule has 9 heteroatoms. The molecule has 0 unspecified atom stereocenters. The fraction of sp³-hybridized carbons (Fsp3) is 0.360. The largest absolute Gasteiger partial charge is 0.333 e. The van der Waals surface area contributed by atoms with E-state index < -0.39 is 10.0 Å². The quantitative estimate of drug-likeness (QED) is 0.424. The highest BCUT2D eigenvalue weighted by atomic mass is 35.5. The Labute approximate surface area is 210 Å². The first kappa shape index (κ1) is 24.9. The molecule has 6 nitrogen and oxygen atoms in total. The lowest BCUT2D eigenvalue weighted by atomic mass is 9.99. The van der Waals surface area contributed by atoms with Gasteiger partial charge in [0, 0.05) is 42.5 Å². The summed E-state index contributed by atoms with van der Waals surface area (Å²) in [6.45, 7) is 5.78. The number of aryl methyl sites for hydroxylation is 1. The van der Waals surface area contributed by atoms with E-state index in [0.29, 0.717) is 49.7 Å². The maximum atomic E-state index is 13.0. The standard InChI is InChI=1S/C25H28ClN3O3S2/c1-3-28(16-19-7-5-4-6-8-19)25(30)23-17-33-24(27-23)20-11-13-29(14-12-20)34(31,32)21-10-9-18(2)22(26)15-21/h4-10,15,17,20H,3,11-14,16H2,1-2H3. The molecule has 1 saturated heterocycles. The van der Waals surface area contributed by atoms with E-state index in [1.54, 1.807) is 17.0 Å². The summed E-state index contributed by atoms with van der Waals surface area (Å²) in [5.41, 5.74) is 2.39. The van der Waals surface area contributed by atoms with Gasteiger partial charge in [-0.2, -0.15) is 4.31 Å². The zero-order valence-electron chi connectivity index (χ0n) is 19.3. The minimum Gasteiger partial charge on any atom is -0.333 e. The minimum absolute atomic E-state index is 0.0786. The Balaban J connectivity index is 1.40. The second kappa shape index (κ2) is 10.6. The zero-order chi connectivity index (χ0) is 24.3. The van der Waals surface area contributed by atoms with E-state index >= 15 is 0 Å². The van der Waals surface area contributed by atoms with Gasteiger partial charge in [-0.3, -0.25) is 4.79 Å². The third-order valence-corrected chi connectivity index (χ3v) is 9.52. The predicted octanol–water partition coefficient (Wildman–Crippen LogP) is 5.34. The third kappa shape index (κ3) is 5.35. The molecular weight excluding hydrogens is 490 g/mol. The molecule has 0 aliphatic carbocycles. The number of halogens is 1. The number of thiazole rings is 1. The molecule has 180 valence electrons. The number of carbonyl (C=O) groups excluding carboxylic acids is 1. The summed E-state index contributed by atoms with van der Waals surface area (Å²) in [6.07, 6.45) is 1.34. The first-order valence-electron chi connectivity index (χ1n) is 11.3. The van der Waals surface area contributed by atoms with Crippen LogP contribution in [0.1, 0.15) is 52.3 Å². The van der Waals surface area contributed by atoms with Gasteiger partial charge in [0.2, 0.25) is 10.0 Å². The Morgan fingerprint density at radius 3 is 2.53 bits per heavy atom. The van der Waals surface area contributed by atoms with Crippen LogP contribution in [-0.2, 0) is 16.6 Å². The second-order valence-corrected chi connectivity index (χ2v) is 11.7. The van der Waals surface area contributed by atoms with Crippen molar-refractivity contribution < 1.29 is 13.2 Å². The van der Waals surface area contributed by atoms with Crippen LogP contribution >= 0.6 is 22.9 Å². The third-order valence-electron chi connectivity index (χ3n) is 6.21. The van der Waals surface area contributed by atoms with Crippen LogP contribution in [-0.4, -0.2) is 48.1 Å². The average Bonchev–Trinajstić information content (AvgIpc) is 3.35. The zero-order valence-corrected chi connectivity index (χ0v) is 21.7. The smallest absolute Gasteiger partial charge is 0.273 e. The molecule has 1 amide bonds. The van der Waals surface area contributed by atoms with Crippen LogP contribution in [0.25, 0.3) is 0 Å². The van der Waals surface area contributed by atoms with Crippen molar-refractivity contribution in [3.63, 3.8) is 0 Å². The number of piperidine rings is 1. The van der Waals surface area contributed by atoms with Crippen molar-refractivity contribution in [3.05, 3.63) is 80.8 Å². The fourth-order valence-electron chi connectivity index (χ4n) is 4.09. The summed E-state index contributed by atoms with van der Waals surface area (Å²) < 4.78 is 27.6. The molecule has 1 aromatic heterocycles. The molecule has 0 N–H and O–H groups in total. The van der Waals surface area contributed by atoms with Gasteiger partial charge in [0.25, 0.3) is 5.91 Å². The number of hydrogen-bond donors (Lipinski definition) is 0. The first-order valence-corrected chi connectivity index (χ1v) is 14.0. The van der Waals surface area contributed by atoms with Gasteiger partial charge in [0.1, 0.15) is 5.69 Å². The number of benzene rings is 2. The summed E-state index contributed by atoms with van der Waals surface area (Å²) >= 11 is 7.63. The number of aromatic nitrogens is 1. The molecule has 1 aliphatic rings. The molecule has 0 bridgehead atoms. The molecule has 0 radical (unpaired) electrons. The van der Waals surface area contributed by atoms with Crippen molar-refractivity contribution in [1.29, 1.82) is 0 Å². The Morgan fingerprint density at radius 1 is 1.18 bits per heavy atom. The molecule has 34 heavy (non-hydrogen) atoms. The van der Waals surface area contributed by atoms with Crippen LogP contribution in [0.3, 0.4) is 0 Å². The summed E-state index contributed by atoms with van der Waals surface area (Å²) in [5, 5.41) is 3.17. The van der Waals surface area contributed by atoms with Crippen molar-refractivity contribution in [2.45, 2.75) is 44.0 Å². The highest BCUT2D eigenvalue weighted by Crippen LogP contribution is 2.33. The van der Waals surface area contributed by atoms with Crippen molar-refractivity contribution >= 4 is 38.9 Å². The van der Waals surface area contributed by atoms with Crippen molar-refractivity contribution in [2.24, 2.45) is 0 Å². The summed E-state index contributed by atoms with van der Waals surface area (Å²) in [7, 11) is -3.59. The molecule has 0 atom stereocenters. The van der Waals surface area contributed by atoms with E-state index in [0.717, 1.165) is 16.1 Å². The van der Waals surface area contributed by atoms with Crippen molar-refractivity contribution in [1.82, 2.24) is 14.2 Å². The van der Waals surface area contributed by atoms with Gasteiger partial charge in [0.15, 0.2) is 0 Å². The molecular formula is C25H28ClN3O3S2. The van der Waals surface area contributed by atoms with E-state index in [2.05, 4.69) is 4.98 Å². The molecule has 0 saturated carbocycles. The fourth-order valence-corrected chi connectivity index (χ4v) is 6.80. The van der Waals surface area contributed by atoms with Crippen LogP contribution in [0, 0.1) is 6.92 Å². The molecule has 0 spiro atoms. The molecule has 1 aliphatic heterocycles. The first-order chi connectivity index (χ1) is 16.3. The van der Waals surface area contributed by atoms with Gasteiger partial charge >= 0.3 is 0 Å². The minimum atomic E-state index is -3.59. The molecule has 1 fully saturated rings. The van der Waals surface area contributed by atoms with E-state index in [1.165, 1.54) is 21.7 Å². The second-order valence-electron chi connectivity index (χ2n) is 8.47. The lowest BCUT2D eigenvalue weighted by Crippen LogP contribution is -2.38. The number of sulfonamides is 1. The van der Waals surface area contributed by atoms with Gasteiger partial charge < -0.3 is 4.90 Å². The highest BCUT2D eigenvalue weighted by Gasteiger charge is 2.32. The SMILES string of the molecule is CCN(Cc1ccccc1)C(=O)c1csc(C2CCN(S(=O)(=O)c3ccc(C)c(Cl)c3)CC2)n1. The normalized spacial score (nSPS) is 15.4. The van der Waals surface area contributed by atoms with E-state index in [9.17, 15) is 13.2 Å². The number of amides is 1. The predicted molar refractivity (Wildman–Crippen MR) is 136 cm³/mol. The van der Waals surface area contributed by atoms with Crippen molar-refractivity contribution in [3.8, 4) is 0 Å². The Hall–Kier alpha value is -2.26. The maximum Gasteiger partial charge on any atom is 0.273 e. The Morgan fingerprint density at radius 2 is 1.88 bits per heavy atom. The monoisotopic (exact) mass is 517 g/mol. The van der Waals surface area contributed by atoms with Gasteiger partial charge in [-0.25, -0.2) is 13.4 Å². The van der Waals surface area contributed by atoms with Crippen LogP contribution in [0.2, 0.25) is 5.02 Å². The van der Waals surface area contributed by atoms with Crippen LogP contribution in [0.4, 0.5) is 0 Å². The van der Waals surface area contributed by atoms with Gasteiger partial charge in [-0.1, -0.05) is 48.0 Å². The van der Waals surface area contributed by atoms with E-state index in [-0.39, 0.29) is 16.7 Å². The van der Waals surface area contributed by atoms with E-state index in [1.807, 2.05) is 49.6 Å². The molecule has 2 heterocycles. The molecule has 4 rings (SSSR count). The lowest BCUT2D eigenvalue weighted by Gasteiger charge is -2.30. The Bertz CT molecular complexity index is 1250. The summed E-state index contributed by atoms with van der Waals surface area (Å²) in [5.74, 6) is 0.0638. The molecule has 2 aromatic carbocycles. The molecule has 3 aromatic rings. The number of carbonyl (C=O) groups is 1. The van der Waals surface area contributed by atoms with Crippen LogP contribution in [0.5, 0.6) is 0 Å². The maximum absolute atomic E-state index is 13.0. The topological polar surface area (TPSA) is 70.6 Å². The van der Waals surface area contributed by atoms with Crippen molar-refractivity contribution in [2.75, 3.05) is 19.6 Å². The van der Waals surface area contributed by atoms with Gasteiger partial charge in [-0.05, 0) is 49.9 Å². The highest BCUT2D eigenvalue weighted by molar-refractivity contribution is 7.89. The Kier molecular flexibility index (Phi) is 7.72. The van der Waals surface area contributed by atoms with Gasteiger partial charge in [0.05, 0.1) is 9.90 Å². The van der Waals surface area contributed by atoms with Gasteiger partial charge in [-0.15, -0.1) is 11.3 Å². The van der Waals surface area contributed by atoms with Crippen LogP contribution in [0.15, 0.2) is 58.8 Å². The van der Waals surface area contributed by atoms with Crippen LogP contribution < -0.4 is 0 Å².